The van der Waals surface area contributed by atoms with Crippen LogP contribution in [0.3, 0.4) is 0 Å². The first-order valence-electron chi connectivity index (χ1n) is 9.53. The number of amides is 1. The minimum atomic E-state index is -0.637. The highest BCUT2D eigenvalue weighted by Gasteiger charge is 2.26. The van der Waals surface area contributed by atoms with Crippen LogP contribution in [0.1, 0.15) is 36.9 Å². The van der Waals surface area contributed by atoms with Crippen LogP contribution in [0, 0.1) is 0 Å². The molecule has 10 nitrogen and oxygen atoms in total. The van der Waals surface area contributed by atoms with E-state index in [1.807, 2.05) is 6.07 Å². The maximum absolute atomic E-state index is 12.8. The number of hydrogen-bond acceptors (Lipinski definition) is 7. The number of nitrogens with zero attached hydrogens (tertiary/aromatic N) is 6. The van der Waals surface area contributed by atoms with Gasteiger partial charge in [0.15, 0.2) is 5.69 Å². The standard InChI is InChI=1S/C19H20N6O4/c1-2-24-17(26)14(21-25(19(24)28)13-9-5-3-6-10-13)15-20-16(29-22-15)18(27)23-11-7-4-8-12-23/h3,5-6,9-10H,2,4,7-8,11-12H2,1H3. The summed E-state index contributed by atoms with van der Waals surface area (Å²) in [6.07, 6.45) is 2.94. The van der Waals surface area contributed by atoms with Crippen molar-refractivity contribution in [1.29, 1.82) is 0 Å². The zero-order chi connectivity index (χ0) is 20.4. The third-order valence-electron chi connectivity index (χ3n) is 4.84. The van der Waals surface area contributed by atoms with E-state index < -0.39 is 11.2 Å². The normalized spacial score (nSPS) is 14.2. The molecule has 0 spiro atoms. The van der Waals surface area contributed by atoms with Crippen molar-refractivity contribution in [3.05, 3.63) is 57.1 Å². The van der Waals surface area contributed by atoms with Crippen LogP contribution in [0.4, 0.5) is 0 Å². The van der Waals surface area contributed by atoms with Crippen LogP contribution in [0.5, 0.6) is 0 Å². The molecule has 29 heavy (non-hydrogen) atoms. The van der Waals surface area contributed by atoms with Gasteiger partial charge in [0.05, 0.1) is 5.69 Å². The first-order chi connectivity index (χ1) is 14.1. The number of piperidine rings is 1. The van der Waals surface area contributed by atoms with Gasteiger partial charge >= 0.3 is 17.5 Å². The van der Waals surface area contributed by atoms with Crippen LogP contribution in [0.15, 0.2) is 44.4 Å². The van der Waals surface area contributed by atoms with Crippen molar-refractivity contribution < 1.29 is 9.32 Å². The molecule has 0 bridgehead atoms. The molecule has 0 saturated carbocycles. The number of hydrogen-bond donors (Lipinski definition) is 0. The average Bonchev–Trinajstić information content (AvgIpc) is 3.25. The molecule has 150 valence electrons. The van der Waals surface area contributed by atoms with E-state index in [9.17, 15) is 14.4 Å². The first-order valence-corrected chi connectivity index (χ1v) is 9.53. The van der Waals surface area contributed by atoms with E-state index in [0.29, 0.717) is 18.8 Å². The molecule has 0 atom stereocenters. The number of rotatable bonds is 4. The van der Waals surface area contributed by atoms with Gasteiger partial charge in [-0.3, -0.25) is 14.2 Å². The van der Waals surface area contributed by atoms with Gasteiger partial charge < -0.3 is 9.42 Å². The molecule has 3 aromatic rings. The summed E-state index contributed by atoms with van der Waals surface area (Å²) in [6.45, 7) is 3.10. The Morgan fingerprint density at radius 3 is 2.52 bits per heavy atom. The van der Waals surface area contributed by atoms with Gasteiger partial charge in [-0.2, -0.15) is 14.8 Å². The summed E-state index contributed by atoms with van der Waals surface area (Å²) in [5.41, 5.74) is -0.867. The Kier molecular flexibility index (Phi) is 5.07. The number of carbonyl (C=O) groups is 1. The van der Waals surface area contributed by atoms with Crippen molar-refractivity contribution in [2.45, 2.75) is 32.7 Å². The highest BCUT2D eigenvalue weighted by molar-refractivity contribution is 5.90. The van der Waals surface area contributed by atoms with Gasteiger partial charge in [0.25, 0.3) is 5.56 Å². The molecule has 3 heterocycles. The Balaban J connectivity index is 1.77. The third-order valence-corrected chi connectivity index (χ3v) is 4.84. The van der Waals surface area contributed by atoms with Crippen molar-refractivity contribution in [2.24, 2.45) is 0 Å². The van der Waals surface area contributed by atoms with E-state index in [1.54, 1.807) is 36.1 Å². The van der Waals surface area contributed by atoms with Gasteiger partial charge in [-0.25, -0.2) is 4.79 Å². The molecule has 4 rings (SSSR count). The largest absolute Gasteiger partial charge is 0.352 e. The lowest BCUT2D eigenvalue weighted by Gasteiger charge is -2.24. The molecule has 1 aliphatic rings. The fourth-order valence-corrected chi connectivity index (χ4v) is 3.31. The van der Waals surface area contributed by atoms with Crippen LogP contribution in [0.25, 0.3) is 17.2 Å². The van der Waals surface area contributed by atoms with Gasteiger partial charge in [0, 0.05) is 19.6 Å². The molecule has 0 N–H and O–H groups in total. The number of benzene rings is 1. The van der Waals surface area contributed by atoms with Gasteiger partial charge in [-0.1, -0.05) is 23.4 Å². The average molecular weight is 396 g/mol. The molecular formula is C19H20N6O4. The van der Waals surface area contributed by atoms with E-state index in [2.05, 4.69) is 15.2 Å². The predicted octanol–water partition coefficient (Wildman–Crippen LogP) is 1.09. The maximum atomic E-state index is 12.8. The molecule has 1 aliphatic heterocycles. The highest BCUT2D eigenvalue weighted by atomic mass is 16.5. The Hall–Kier alpha value is -3.56. The smallest absolute Gasteiger partial charge is 0.334 e. The minimum Gasteiger partial charge on any atom is -0.334 e. The summed E-state index contributed by atoms with van der Waals surface area (Å²) in [5.74, 6) is -0.679. The molecule has 2 aromatic heterocycles. The molecule has 1 amide bonds. The van der Waals surface area contributed by atoms with E-state index in [0.717, 1.165) is 28.5 Å². The molecule has 1 aromatic carbocycles. The number of para-hydroxylation sites is 1. The monoisotopic (exact) mass is 396 g/mol. The Bertz CT molecular complexity index is 1140. The molecule has 1 fully saturated rings. The summed E-state index contributed by atoms with van der Waals surface area (Å²) in [5, 5.41) is 7.95. The summed E-state index contributed by atoms with van der Waals surface area (Å²) in [4.78, 5) is 43.7. The summed E-state index contributed by atoms with van der Waals surface area (Å²) < 4.78 is 7.26. The van der Waals surface area contributed by atoms with Gasteiger partial charge in [-0.05, 0) is 38.3 Å². The van der Waals surface area contributed by atoms with Gasteiger partial charge in [-0.15, -0.1) is 0 Å². The second kappa shape index (κ2) is 7.82. The fourth-order valence-electron chi connectivity index (χ4n) is 3.31. The van der Waals surface area contributed by atoms with Crippen LogP contribution >= 0.6 is 0 Å². The van der Waals surface area contributed by atoms with Crippen molar-refractivity contribution in [3.8, 4) is 17.2 Å². The molecule has 0 unspecified atom stereocenters. The SMILES string of the molecule is CCn1c(=O)c(-c2noc(C(=O)N3CCCCC3)n2)nn(-c2ccccc2)c1=O. The number of aromatic nitrogens is 5. The lowest BCUT2D eigenvalue weighted by atomic mass is 10.1. The maximum Gasteiger partial charge on any atom is 0.352 e. The topological polar surface area (TPSA) is 116 Å². The quantitative estimate of drug-likeness (QED) is 0.648. The molecule has 10 heteroatoms. The number of likely N-dealkylation sites (tertiary alicyclic amines) is 1. The Morgan fingerprint density at radius 2 is 1.83 bits per heavy atom. The third kappa shape index (κ3) is 3.48. The zero-order valence-corrected chi connectivity index (χ0v) is 15.9. The van der Waals surface area contributed by atoms with Gasteiger partial charge in [0.1, 0.15) is 0 Å². The van der Waals surface area contributed by atoms with E-state index in [4.69, 9.17) is 4.52 Å². The lowest BCUT2D eigenvalue weighted by molar-refractivity contribution is 0.0674. The Morgan fingerprint density at radius 1 is 1.10 bits per heavy atom. The van der Waals surface area contributed by atoms with Crippen LogP contribution in [-0.4, -0.2) is 48.4 Å². The van der Waals surface area contributed by atoms with E-state index in [-0.39, 0.29) is 29.9 Å². The number of carbonyl (C=O) groups excluding carboxylic acids is 1. The predicted molar refractivity (Wildman–Crippen MR) is 103 cm³/mol. The highest BCUT2D eigenvalue weighted by Crippen LogP contribution is 2.14. The summed E-state index contributed by atoms with van der Waals surface area (Å²) >= 11 is 0. The van der Waals surface area contributed by atoms with Gasteiger partial charge in [0.2, 0.25) is 5.82 Å². The molecule has 0 radical (unpaired) electrons. The van der Waals surface area contributed by atoms with Crippen LogP contribution in [0.2, 0.25) is 0 Å². The molecule has 1 saturated heterocycles. The summed E-state index contributed by atoms with van der Waals surface area (Å²) in [6, 6.07) is 8.72. The van der Waals surface area contributed by atoms with Crippen LogP contribution < -0.4 is 11.2 Å². The van der Waals surface area contributed by atoms with Crippen molar-refractivity contribution in [3.63, 3.8) is 0 Å². The summed E-state index contributed by atoms with van der Waals surface area (Å²) in [7, 11) is 0. The first kappa shape index (κ1) is 18.8. The van der Waals surface area contributed by atoms with Crippen molar-refractivity contribution >= 4 is 5.91 Å². The minimum absolute atomic E-state index is 0.123. The second-order valence-corrected chi connectivity index (χ2v) is 6.70. The van der Waals surface area contributed by atoms with Crippen LogP contribution in [-0.2, 0) is 6.54 Å². The molecule has 0 aliphatic carbocycles. The molecular weight excluding hydrogens is 376 g/mol. The van der Waals surface area contributed by atoms with Crippen molar-refractivity contribution in [2.75, 3.05) is 13.1 Å². The van der Waals surface area contributed by atoms with E-state index in [1.165, 1.54) is 0 Å². The van der Waals surface area contributed by atoms with E-state index >= 15 is 0 Å². The fraction of sp³-hybridized carbons (Fsp3) is 0.368. The Labute approximate surface area is 165 Å². The zero-order valence-electron chi connectivity index (χ0n) is 15.9. The van der Waals surface area contributed by atoms with Crippen molar-refractivity contribution in [1.82, 2.24) is 29.4 Å². The lowest BCUT2D eigenvalue weighted by Crippen LogP contribution is -2.41. The second-order valence-electron chi connectivity index (χ2n) is 6.70.